The maximum absolute atomic E-state index is 12.0. The Morgan fingerprint density at radius 1 is 1.59 bits per heavy atom. The lowest BCUT2D eigenvalue weighted by atomic mass is 9.99. The molecule has 1 amide bonds. The molecule has 0 fully saturated rings. The van der Waals surface area contributed by atoms with Crippen molar-refractivity contribution in [3.63, 3.8) is 0 Å². The van der Waals surface area contributed by atoms with E-state index in [4.69, 9.17) is 10.3 Å². The molecule has 0 bridgehead atoms. The molecule has 0 saturated carbocycles. The van der Waals surface area contributed by atoms with Gasteiger partial charge in [-0.25, -0.2) is 0 Å². The maximum atomic E-state index is 12.0. The van der Waals surface area contributed by atoms with E-state index >= 15 is 0 Å². The van der Waals surface area contributed by atoms with Gasteiger partial charge >= 0.3 is 0 Å². The Morgan fingerprint density at radius 3 is 2.71 bits per heavy atom. The van der Waals surface area contributed by atoms with E-state index < -0.39 is 6.04 Å². The largest absolute Gasteiger partial charge is 0.340 e. The van der Waals surface area contributed by atoms with Gasteiger partial charge in [0.25, 0.3) is 0 Å². The Kier molecular flexibility index (Phi) is 4.62. The van der Waals surface area contributed by atoms with Crippen molar-refractivity contribution < 1.29 is 9.32 Å². The lowest BCUT2D eigenvalue weighted by Crippen LogP contribution is -2.45. The summed E-state index contributed by atoms with van der Waals surface area (Å²) in [4.78, 5) is 17.5. The zero-order chi connectivity index (χ0) is 13.0. The van der Waals surface area contributed by atoms with Crippen LogP contribution in [0.2, 0.25) is 0 Å². The van der Waals surface area contributed by atoms with Crippen LogP contribution in [0.1, 0.15) is 32.0 Å². The van der Waals surface area contributed by atoms with Crippen molar-refractivity contribution in [3.8, 4) is 0 Å². The number of aryl methyl sites for hydroxylation is 1. The fraction of sp³-hybridized carbons (Fsp3) is 0.727. The van der Waals surface area contributed by atoms with Crippen molar-refractivity contribution >= 4 is 5.91 Å². The predicted octanol–water partition coefficient (Wildman–Crippen LogP) is 0.710. The molecule has 0 aliphatic heterocycles. The lowest BCUT2D eigenvalue weighted by molar-refractivity contribution is -0.133. The fourth-order valence-electron chi connectivity index (χ4n) is 1.45. The number of amides is 1. The number of nitrogens with zero attached hydrogens (tertiary/aromatic N) is 3. The quantitative estimate of drug-likeness (QED) is 0.819. The minimum atomic E-state index is -0.474. The molecule has 96 valence electrons. The Balaban J connectivity index is 2.58. The van der Waals surface area contributed by atoms with Crippen molar-refractivity contribution in [2.45, 2.75) is 39.8 Å². The highest BCUT2D eigenvalue weighted by molar-refractivity contribution is 5.81. The van der Waals surface area contributed by atoms with Crippen molar-refractivity contribution in [2.75, 3.05) is 7.05 Å². The maximum Gasteiger partial charge on any atom is 0.239 e. The highest BCUT2D eigenvalue weighted by Gasteiger charge is 2.23. The topological polar surface area (TPSA) is 85.3 Å². The molecular formula is C11H20N4O2. The molecule has 0 radical (unpaired) electrons. The minimum absolute atomic E-state index is 0.0956. The number of carbonyl (C=O) groups is 1. The van der Waals surface area contributed by atoms with Gasteiger partial charge in [0.05, 0.1) is 12.6 Å². The first-order valence-electron chi connectivity index (χ1n) is 5.75. The number of nitrogens with two attached hydrogens (primary N) is 1. The SMILES string of the molecule is CCC(C)C(N)C(=O)N(C)Cc1noc(C)n1. The van der Waals surface area contributed by atoms with Gasteiger partial charge in [0.2, 0.25) is 11.8 Å². The van der Waals surface area contributed by atoms with Crippen LogP contribution in [0.5, 0.6) is 0 Å². The number of carbonyl (C=O) groups excluding carboxylic acids is 1. The fourth-order valence-corrected chi connectivity index (χ4v) is 1.45. The molecule has 6 nitrogen and oxygen atoms in total. The van der Waals surface area contributed by atoms with Crippen LogP contribution >= 0.6 is 0 Å². The van der Waals surface area contributed by atoms with Crippen molar-refractivity contribution in [1.82, 2.24) is 15.0 Å². The second kappa shape index (κ2) is 5.77. The summed E-state index contributed by atoms with van der Waals surface area (Å²) in [5.41, 5.74) is 5.88. The van der Waals surface area contributed by atoms with Crippen molar-refractivity contribution in [1.29, 1.82) is 0 Å². The van der Waals surface area contributed by atoms with Gasteiger partial charge in [-0.1, -0.05) is 25.4 Å². The number of likely N-dealkylation sites (N-methyl/N-ethyl adjacent to an activating group) is 1. The summed E-state index contributed by atoms with van der Waals surface area (Å²) < 4.78 is 4.84. The van der Waals surface area contributed by atoms with Gasteiger partial charge in [0.15, 0.2) is 5.82 Å². The second-order valence-electron chi connectivity index (χ2n) is 4.34. The molecule has 0 aliphatic carbocycles. The number of rotatable bonds is 5. The lowest BCUT2D eigenvalue weighted by Gasteiger charge is -2.23. The van der Waals surface area contributed by atoms with Crippen LogP contribution in [0.4, 0.5) is 0 Å². The van der Waals surface area contributed by atoms with E-state index in [0.717, 1.165) is 6.42 Å². The molecular weight excluding hydrogens is 220 g/mol. The summed E-state index contributed by atoms with van der Waals surface area (Å²) in [6.07, 6.45) is 0.877. The molecule has 17 heavy (non-hydrogen) atoms. The monoisotopic (exact) mass is 240 g/mol. The number of hydrogen-bond donors (Lipinski definition) is 1. The van der Waals surface area contributed by atoms with Crippen LogP contribution in [-0.2, 0) is 11.3 Å². The van der Waals surface area contributed by atoms with E-state index in [1.165, 1.54) is 4.90 Å². The first-order valence-corrected chi connectivity index (χ1v) is 5.75. The Hall–Kier alpha value is -1.43. The van der Waals surface area contributed by atoms with Crippen LogP contribution in [0.3, 0.4) is 0 Å². The third kappa shape index (κ3) is 3.52. The zero-order valence-electron chi connectivity index (χ0n) is 10.8. The molecule has 2 unspecified atom stereocenters. The Bertz CT molecular complexity index is 377. The molecule has 0 spiro atoms. The van der Waals surface area contributed by atoms with Crippen molar-refractivity contribution in [3.05, 3.63) is 11.7 Å². The highest BCUT2D eigenvalue weighted by Crippen LogP contribution is 2.09. The van der Waals surface area contributed by atoms with Gasteiger partial charge in [-0.2, -0.15) is 4.98 Å². The van der Waals surface area contributed by atoms with Gasteiger partial charge < -0.3 is 15.2 Å². The summed E-state index contributed by atoms with van der Waals surface area (Å²) in [5, 5.41) is 3.74. The van der Waals surface area contributed by atoms with E-state index in [1.54, 1.807) is 14.0 Å². The van der Waals surface area contributed by atoms with E-state index in [9.17, 15) is 4.79 Å². The summed E-state index contributed by atoms with van der Waals surface area (Å²) in [6.45, 7) is 6.01. The summed E-state index contributed by atoms with van der Waals surface area (Å²) >= 11 is 0. The minimum Gasteiger partial charge on any atom is -0.340 e. The van der Waals surface area contributed by atoms with Gasteiger partial charge in [-0.15, -0.1) is 0 Å². The molecule has 1 rings (SSSR count). The third-order valence-corrected chi connectivity index (χ3v) is 2.87. The standard InChI is InChI=1S/C11H20N4O2/c1-5-7(2)10(12)11(16)15(4)6-9-13-8(3)17-14-9/h7,10H,5-6,12H2,1-4H3. The van der Waals surface area contributed by atoms with Crippen LogP contribution in [0, 0.1) is 12.8 Å². The number of aromatic nitrogens is 2. The Labute approximate surface area is 101 Å². The molecule has 2 N–H and O–H groups in total. The number of hydrogen-bond acceptors (Lipinski definition) is 5. The average molecular weight is 240 g/mol. The van der Waals surface area contributed by atoms with Crippen LogP contribution < -0.4 is 5.73 Å². The molecule has 1 aromatic rings. The molecule has 0 aromatic carbocycles. The molecule has 0 saturated heterocycles. The average Bonchev–Trinajstić information content (AvgIpc) is 2.71. The van der Waals surface area contributed by atoms with Gasteiger partial charge in [-0.05, 0) is 5.92 Å². The molecule has 6 heteroatoms. The smallest absolute Gasteiger partial charge is 0.239 e. The van der Waals surface area contributed by atoms with Gasteiger partial charge in [-0.3, -0.25) is 4.79 Å². The van der Waals surface area contributed by atoms with Crippen LogP contribution in [0.25, 0.3) is 0 Å². The van der Waals surface area contributed by atoms with Gasteiger partial charge in [0.1, 0.15) is 0 Å². The first kappa shape index (κ1) is 13.6. The van der Waals surface area contributed by atoms with E-state index in [-0.39, 0.29) is 11.8 Å². The molecule has 2 atom stereocenters. The van der Waals surface area contributed by atoms with Crippen molar-refractivity contribution in [2.24, 2.45) is 11.7 Å². The van der Waals surface area contributed by atoms with E-state index in [0.29, 0.717) is 18.3 Å². The Morgan fingerprint density at radius 2 is 2.24 bits per heavy atom. The van der Waals surface area contributed by atoms with Crippen LogP contribution in [0.15, 0.2) is 4.52 Å². The second-order valence-corrected chi connectivity index (χ2v) is 4.34. The molecule has 1 aromatic heterocycles. The predicted molar refractivity (Wildman–Crippen MR) is 62.9 cm³/mol. The highest BCUT2D eigenvalue weighted by atomic mass is 16.5. The molecule has 1 heterocycles. The summed E-state index contributed by atoms with van der Waals surface area (Å²) in [7, 11) is 1.69. The normalized spacial score (nSPS) is 14.4. The van der Waals surface area contributed by atoms with Gasteiger partial charge in [0, 0.05) is 14.0 Å². The summed E-state index contributed by atoms with van der Waals surface area (Å²) in [5.74, 6) is 1.06. The summed E-state index contributed by atoms with van der Waals surface area (Å²) in [6, 6.07) is -0.474. The molecule has 0 aliphatic rings. The van der Waals surface area contributed by atoms with E-state index in [1.807, 2.05) is 13.8 Å². The zero-order valence-corrected chi connectivity index (χ0v) is 10.8. The third-order valence-electron chi connectivity index (χ3n) is 2.87. The first-order chi connectivity index (χ1) is 7.95. The van der Waals surface area contributed by atoms with E-state index in [2.05, 4.69) is 10.1 Å². The van der Waals surface area contributed by atoms with Crippen LogP contribution in [-0.4, -0.2) is 34.0 Å².